The number of carbonyl (C=O) groups is 2. The summed E-state index contributed by atoms with van der Waals surface area (Å²) in [4.78, 5) is 22.4. The Balaban J connectivity index is 2.12. The van der Waals surface area contributed by atoms with Crippen molar-refractivity contribution >= 4 is 12.1 Å². The molecule has 1 fully saturated rings. The zero-order chi connectivity index (χ0) is 8.27. The van der Waals surface area contributed by atoms with Crippen LogP contribution in [-0.4, -0.2) is 37.3 Å². The fourth-order valence-electron chi connectivity index (χ4n) is 0.687. The van der Waals surface area contributed by atoms with Crippen LogP contribution in [0.3, 0.4) is 0 Å². The summed E-state index contributed by atoms with van der Waals surface area (Å²) in [5.74, 6) is 0.00824. The number of likely N-dealkylation sites (tertiary alicyclic amines) is 1. The van der Waals surface area contributed by atoms with Crippen LogP contribution in [0.5, 0.6) is 0 Å². The number of carbonyl (C=O) groups excluding carboxylic acids is 2. The van der Waals surface area contributed by atoms with Crippen molar-refractivity contribution in [1.82, 2.24) is 4.90 Å². The first kappa shape index (κ1) is 7.84. The molecule has 5 heteroatoms. The van der Waals surface area contributed by atoms with Gasteiger partial charge in [0.2, 0.25) is 5.91 Å². The molecule has 0 aromatic heterocycles. The molecule has 0 saturated carbocycles. The minimum absolute atomic E-state index is 0.00546. The predicted molar refractivity (Wildman–Crippen MR) is 34.7 cm³/mol. The zero-order valence-electron chi connectivity index (χ0n) is 6.20. The molecule has 0 aliphatic carbocycles. The van der Waals surface area contributed by atoms with E-state index < -0.39 is 6.16 Å². The maximum absolute atomic E-state index is 10.6. The fraction of sp³-hybridized carbons (Fsp3) is 0.667. The first-order chi connectivity index (χ1) is 5.24. The van der Waals surface area contributed by atoms with E-state index >= 15 is 0 Å². The third-order valence-corrected chi connectivity index (χ3v) is 1.45. The van der Waals surface area contributed by atoms with Gasteiger partial charge in [-0.1, -0.05) is 0 Å². The molecule has 0 aromatic carbocycles. The number of ether oxygens (including phenoxy) is 2. The van der Waals surface area contributed by atoms with Crippen molar-refractivity contribution < 1.29 is 19.1 Å². The van der Waals surface area contributed by atoms with Crippen molar-refractivity contribution in [2.75, 3.05) is 20.4 Å². The first-order valence-corrected chi connectivity index (χ1v) is 3.22. The van der Waals surface area contributed by atoms with Crippen LogP contribution in [0.1, 0.15) is 6.42 Å². The van der Waals surface area contributed by atoms with Gasteiger partial charge in [0.05, 0.1) is 7.11 Å². The molecule has 11 heavy (non-hydrogen) atoms. The lowest BCUT2D eigenvalue weighted by Gasteiger charge is -2.29. The zero-order valence-corrected chi connectivity index (χ0v) is 6.20. The van der Waals surface area contributed by atoms with Gasteiger partial charge in [0.15, 0.2) is 6.73 Å². The first-order valence-electron chi connectivity index (χ1n) is 3.22. The smallest absolute Gasteiger partial charge is 0.438 e. The van der Waals surface area contributed by atoms with Crippen LogP contribution >= 0.6 is 0 Å². The average Bonchev–Trinajstić information content (AvgIpc) is 2.01. The quantitative estimate of drug-likeness (QED) is 0.419. The molecule has 62 valence electrons. The number of rotatable bonds is 2. The Bertz CT molecular complexity index is 179. The van der Waals surface area contributed by atoms with Gasteiger partial charge < -0.3 is 14.4 Å². The Morgan fingerprint density at radius 2 is 2.45 bits per heavy atom. The molecule has 1 heterocycles. The van der Waals surface area contributed by atoms with Crippen molar-refractivity contribution in [3.63, 3.8) is 0 Å². The SMILES string of the molecule is COC(=O)OCN1CCC1=O. The van der Waals surface area contributed by atoms with E-state index in [0.29, 0.717) is 13.0 Å². The van der Waals surface area contributed by atoms with Crippen molar-refractivity contribution in [1.29, 1.82) is 0 Å². The lowest BCUT2D eigenvalue weighted by atomic mass is 10.2. The molecular weight excluding hydrogens is 150 g/mol. The van der Waals surface area contributed by atoms with Crippen molar-refractivity contribution in [3.05, 3.63) is 0 Å². The second-order valence-corrected chi connectivity index (χ2v) is 2.13. The predicted octanol–water partition coefficient (Wildman–Crippen LogP) is -0.0408. The summed E-state index contributed by atoms with van der Waals surface area (Å²) >= 11 is 0. The topological polar surface area (TPSA) is 55.8 Å². The molecule has 1 aliphatic rings. The Labute approximate surface area is 63.9 Å². The normalized spacial score (nSPS) is 15.7. The summed E-state index contributed by atoms with van der Waals surface area (Å²) in [7, 11) is 1.22. The van der Waals surface area contributed by atoms with E-state index in [1.54, 1.807) is 0 Å². The summed E-state index contributed by atoms with van der Waals surface area (Å²) in [5, 5.41) is 0. The van der Waals surface area contributed by atoms with Crippen LogP contribution < -0.4 is 0 Å². The highest BCUT2D eigenvalue weighted by atomic mass is 16.7. The van der Waals surface area contributed by atoms with Gasteiger partial charge in [-0.2, -0.15) is 0 Å². The van der Waals surface area contributed by atoms with E-state index in [2.05, 4.69) is 9.47 Å². The Morgan fingerprint density at radius 3 is 2.82 bits per heavy atom. The van der Waals surface area contributed by atoms with Gasteiger partial charge in [0.25, 0.3) is 0 Å². The Morgan fingerprint density at radius 1 is 1.73 bits per heavy atom. The van der Waals surface area contributed by atoms with Gasteiger partial charge in [0, 0.05) is 13.0 Å². The van der Waals surface area contributed by atoms with Crippen LogP contribution in [0.2, 0.25) is 0 Å². The molecule has 0 atom stereocenters. The fourth-order valence-corrected chi connectivity index (χ4v) is 0.687. The molecule has 0 unspecified atom stereocenters. The third kappa shape index (κ3) is 1.83. The molecule has 1 saturated heterocycles. The highest BCUT2D eigenvalue weighted by molar-refractivity contribution is 5.81. The number of β-lactam (4-membered cyclic amide) rings is 1. The summed E-state index contributed by atoms with van der Waals surface area (Å²) in [6.45, 7) is 0.668. The number of methoxy groups -OCH3 is 1. The monoisotopic (exact) mass is 159 g/mol. The van der Waals surface area contributed by atoms with Gasteiger partial charge in [-0.25, -0.2) is 4.79 Å². The molecule has 0 bridgehead atoms. The molecule has 0 aromatic rings. The van der Waals surface area contributed by atoms with E-state index in [4.69, 9.17) is 0 Å². The Hall–Kier alpha value is -1.26. The summed E-state index contributed by atoms with van der Waals surface area (Å²) in [5.41, 5.74) is 0. The van der Waals surface area contributed by atoms with E-state index in [1.165, 1.54) is 12.0 Å². The lowest BCUT2D eigenvalue weighted by Crippen LogP contribution is -2.44. The van der Waals surface area contributed by atoms with Crippen molar-refractivity contribution in [3.8, 4) is 0 Å². The van der Waals surface area contributed by atoms with Crippen LogP contribution in [0.15, 0.2) is 0 Å². The van der Waals surface area contributed by atoms with E-state index in [1.807, 2.05) is 0 Å². The molecule has 1 aliphatic heterocycles. The molecular formula is C6H9NO4. The van der Waals surface area contributed by atoms with Crippen molar-refractivity contribution in [2.24, 2.45) is 0 Å². The van der Waals surface area contributed by atoms with Gasteiger partial charge >= 0.3 is 6.16 Å². The van der Waals surface area contributed by atoms with Crippen LogP contribution in [0.25, 0.3) is 0 Å². The van der Waals surface area contributed by atoms with Crippen molar-refractivity contribution in [2.45, 2.75) is 6.42 Å². The highest BCUT2D eigenvalue weighted by Crippen LogP contribution is 2.07. The summed E-state index contributed by atoms with van der Waals surface area (Å²) in [6.07, 6.45) is -0.213. The minimum Gasteiger partial charge on any atom is -0.438 e. The number of amides is 1. The average molecular weight is 159 g/mol. The number of nitrogens with zero attached hydrogens (tertiary/aromatic N) is 1. The summed E-state index contributed by atoms with van der Waals surface area (Å²) < 4.78 is 8.71. The molecule has 0 radical (unpaired) electrons. The lowest BCUT2D eigenvalue weighted by molar-refractivity contribution is -0.145. The molecule has 5 nitrogen and oxygen atoms in total. The van der Waals surface area contributed by atoms with Gasteiger partial charge in [-0.15, -0.1) is 0 Å². The maximum atomic E-state index is 10.6. The second kappa shape index (κ2) is 3.23. The van der Waals surface area contributed by atoms with Crippen LogP contribution in [-0.2, 0) is 14.3 Å². The number of hydrogen-bond acceptors (Lipinski definition) is 4. The van der Waals surface area contributed by atoms with Gasteiger partial charge in [-0.05, 0) is 0 Å². The van der Waals surface area contributed by atoms with Gasteiger partial charge in [-0.3, -0.25) is 4.79 Å². The molecule has 0 N–H and O–H groups in total. The van der Waals surface area contributed by atoms with Crippen LogP contribution in [0.4, 0.5) is 4.79 Å². The molecule has 1 rings (SSSR count). The molecule has 0 spiro atoms. The third-order valence-electron chi connectivity index (χ3n) is 1.45. The standard InChI is InChI=1S/C6H9NO4/c1-10-6(9)11-4-7-3-2-5(7)8/h2-4H2,1H3. The number of hydrogen-bond donors (Lipinski definition) is 0. The summed E-state index contributed by atoms with van der Waals surface area (Å²) in [6, 6.07) is 0. The largest absolute Gasteiger partial charge is 0.509 e. The van der Waals surface area contributed by atoms with E-state index in [0.717, 1.165) is 0 Å². The highest BCUT2D eigenvalue weighted by Gasteiger charge is 2.24. The molecule has 1 amide bonds. The van der Waals surface area contributed by atoms with Crippen LogP contribution in [0, 0.1) is 0 Å². The van der Waals surface area contributed by atoms with Gasteiger partial charge in [0.1, 0.15) is 0 Å². The minimum atomic E-state index is -0.760. The Kier molecular flexibility index (Phi) is 2.30. The second-order valence-electron chi connectivity index (χ2n) is 2.13. The van der Waals surface area contributed by atoms with E-state index in [-0.39, 0.29) is 12.6 Å². The van der Waals surface area contributed by atoms with E-state index in [9.17, 15) is 9.59 Å². The maximum Gasteiger partial charge on any atom is 0.509 e.